The fraction of sp³-hybridized carbons (Fsp3) is 0.105. The summed E-state index contributed by atoms with van der Waals surface area (Å²) in [5.41, 5.74) is 2.13. The lowest BCUT2D eigenvalue weighted by Crippen LogP contribution is -2.28. The van der Waals surface area contributed by atoms with Gasteiger partial charge in [-0.2, -0.15) is 0 Å². The molecule has 0 bridgehead atoms. The van der Waals surface area contributed by atoms with Gasteiger partial charge in [-0.1, -0.05) is 35.9 Å². The molecule has 0 aliphatic carbocycles. The van der Waals surface area contributed by atoms with Gasteiger partial charge in [-0.3, -0.25) is 9.52 Å². The maximum absolute atomic E-state index is 12.7. The fourth-order valence-corrected chi connectivity index (χ4v) is 5.30. The highest BCUT2D eigenvalue weighted by Crippen LogP contribution is 2.33. The maximum atomic E-state index is 12.7. The first-order valence-electron chi connectivity index (χ1n) is 8.21. The molecular formula is C19H15ClN2O3S2. The van der Waals surface area contributed by atoms with Crippen LogP contribution in [0.1, 0.15) is 15.2 Å². The number of carbonyl (C=O) groups excluding carboxylic acids is 1. The Balaban J connectivity index is 1.65. The normalized spacial score (nSPS) is 13.4. The minimum absolute atomic E-state index is 0.0127. The van der Waals surface area contributed by atoms with Crippen molar-refractivity contribution in [2.24, 2.45) is 0 Å². The van der Waals surface area contributed by atoms with Gasteiger partial charge in [0.2, 0.25) is 0 Å². The molecule has 2 heterocycles. The maximum Gasteiger partial charge on any atom is 0.268 e. The van der Waals surface area contributed by atoms with E-state index in [-0.39, 0.29) is 15.8 Å². The van der Waals surface area contributed by atoms with Gasteiger partial charge < -0.3 is 4.90 Å². The number of rotatable bonds is 4. The van der Waals surface area contributed by atoms with Gasteiger partial charge in [0.05, 0.1) is 15.6 Å². The van der Waals surface area contributed by atoms with Crippen molar-refractivity contribution in [2.45, 2.75) is 11.3 Å². The van der Waals surface area contributed by atoms with E-state index in [4.69, 9.17) is 11.6 Å². The van der Waals surface area contributed by atoms with Crippen LogP contribution in [0, 0.1) is 0 Å². The van der Waals surface area contributed by atoms with E-state index in [2.05, 4.69) is 4.72 Å². The molecule has 138 valence electrons. The highest BCUT2D eigenvalue weighted by Gasteiger charge is 2.27. The van der Waals surface area contributed by atoms with E-state index >= 15 is 0 Å². The van der Waals surface area contributed by atoms with Crippen LogP contribution in [0.25, 0.3) is 0 Å². The van der Waals surface area contributed by atoms with Gasteiger partial charge >= 0.3 is 0 Å². The largest absolute Gasteiger partial charge is 0.307 e. The number of sulfonamides is 1. The van der Waals surface area contributed by atoms with Gasteiger partial charge in [-0.05, 0) is 47.7 Å². The van der Waals surface area contributed by atoms with Crippen LogP contribution in [-0.4, -0.2) is 20.9 Å². The van der Waals surface area contributed by atoms with E-state index < -0.39 is 10.0 Å². The second-order valence-electron chi connectivity index (χ2n) is 6.06. The average Bonchev–Trinajstić information content (AvgIpc) is 3.31. The van der Waals surface area contributed by atoms with Crippen LogP contribution in [0.15, 0.2) is 64.9 Å². The first kappa shape index (κ1) is 18.0. The predicted molar refractivity (Wildman–Crippen MR) is 108 cm³/mol. The van der Waals surface area contributed by atoms with E-state index in [1.165, 1.54) is 23.5 Å². The average molecular weight is 419 g/mol. The number of nitrogens with one attached hydrogen (secondary N) is 1. The Labute approximate surface area is 166 Å². The lowest BCUT2D eigenvalue weighted by molar-refractivity contribution is 0.0993. The first-order valence-corrected chi connectivity index (χ1v) is 11.0. The Morgan fingerprint density at radius 2 is 1.93 bits per heavy atom. The number of halogens is 1. The lowest BCUT2D eigenvalue weighted by Gasteiger charge is -2.17. The quantitative estimate of drug-likeness (QED) is 0.682. The van der Waals surface area contributed by atoms with Crippen LogP contribution in [0.5, 0.6) is 0 Å². The summed E-state index contributed by atoms with van der Waals surface area (Å²) in [7, 11) is -3.83. The summed E-state index contributed by atoms with van der Waals surface area (Å²) < 4.78 is 27.9. The molecule has 27 heavy (non-hydrogen) atoms. The molecule has 0 fully saturated rings. The van der Waals surface area contributed by atoms with E-state index in [0.29, 0.717) is 17.1 Å². The number of hydrogen-bond acceptors (Lipinski definition) is 4. The number of benzene rings is 2. The third-order valence-electron chi connectivity index (χ3n) is 4.34. The van der Waals surface area contributed by atoms with Gasteiger partial charge in [-0.25, -0.2) is 8.42 Å². The zero-order chi connectivity index (χ0) is 19.0. The highest BCUT2D eigenvalue weighted by atomic mass is 35.5. The summed E-state index contributed by atoms with van der Waals surface area (Å²) in [5.74, 6) is -0.0742. The molecule has 2 aromatic carbocycles. The molecule has 1 aliphatic rings. The number of amides is 1. The molecule has 1 aromatic heterocycles. The topological polar surface area (TPSA) is 66.5 Å². The molecule has 0 spiro atoms. The summed E-state index contributed by atoms with van der Waals surface area (Å²) in [6, 6.07) is 15.1. The number of carbonyl (C=O) groups is 1. The standard InChI is InChI=1S/C19H15ClN2O3S2/c20-15-4-1-2-6-18(15)27(24,25)21-14-8-7-13-9-10-22(16(13)12-14)19(23)17-5-3-11-26-17/h1-8,11-12,21H,9-10H2. The Bertz CT molecular complexity index is 1110. The molecule has 1 N–H and O–H groups in total. The molecule has 0 radical (unpaired) electrons. The van der Waals surface area contributed by atoms with Crippen LogP contribution in [0.3, 0.4) is 0 Å². The zero-order valence-corrected chi connectivity index (χ0v) is 16.4. The van der Waals surface area contributed by atoms with Crippen molar-refractivity contribution < 1.29 is 13.2 Å². The molecule has 0 unspecified atom stereocenters. The molecule has 5 nitrogen and oxygen atoms in total. The number of fused-ring (bicyclic) bond motifs is 1. The Kier molecular flexibility index (Phi) is 4.67. The SMILES string of the molecule is O=C(c1cccs1)N1CCc2ccc(NS(=O)(=O)c3ccccc3Cl)cc21. The number of nitrogens with zero attached hydrogens (tertiary/aromatic N) is 1. The Hall–Kier alpha value is -2.35. The van der Waals surface area contributed by atoms with Crippen LogP contribution >= 0.6 is 22.9 Å². The number of hydrogen-bond donors (Lipinski definition) is 1. The van der Waals surface area contributed by atoms with Crippen LogP contribution in [-0.2, 0) is 16.4 Å². The molecule has 0 saturated carbocycles. The van der Waals surface area contributed by atoms with E-state index in [1.54, 1.807) is 35.2 Å². The monoisotopic (exact) mass is 418 g/mol. The van der Waals surface area contributed by atoms with Gasteiger partial charge in [-0.15, -0.1) is 11.3 Å². The molecule has 1 amide bonds. The summed E-state index contributed by atoms with van der Waals surface area (Å²) in [6.45, 7) is 0.576. The van der Waals surface area contributed by atoms with Gasteiger partial charge in [0.1, 0.15) is 4.90 Å². The molecule has 4 rings (SSSR count). The van der Waals surface area contributed by atoms with Crippen LogP contribution in [0.4, 0.5) is 11.4 Å². The Morgan fingerprint density at radius 1 is 1.11 bits per heavy atom. The zero-order valence-electron chi connectivity index (χ0n) is 14.1. The highest BCUT2D eigenvalue weighted by molar-refractivity contribution is 7.92. The summed E-state index contributed by atoms with van der Waals surface area (Å²) in [6.07, 6.45) is 0.740. The molecular weight excluding hydrogens is 404 g/mol. The molecule has 0 atom stereocenters. The minimum atomic E-state index is -3.83. The van der Waals surface area contributed by atoms with Gasteiger partial charge in [0.25, 0.3) is 15.9 Å². The third-order valence-corrected chi connectivity index (χ3v) is 7.08. The smallest absolute Gasteiger partial charge is 0.268 e. The number of thiophene rings is 1. The molecule has 0 saturated heterocycles. The summed E-state index contributed by atoms with van der Waals surface area (Å²) >= 11 is 7.41. The van der Waals surface area contributed by atoms with Crippen molar-refractivity contribution in [3.8, 4) is 0 Å². The molecule has 1 aliphatic heterocycles. The van der Waals surface area contributed by atoms with Crippen molar-refractivity contribution in [2.75, 3.05) is 16.2 Å². The van der Waals surface area contributed by atoms with E-state index in [9.17, 15) is 13.2 Å². The van der Waals surface area contributed by atoms with Gasteiger partial charge in [0, 0.05) is 12.2 Å². The lowest BCUT2D eigenvalue weighted by atomic mass is 10.1. The van der Waals surface area contributed by atoms with Crippen molar-refractivity contribution in [3.63, 3.8) is 0 Å². The second-order valence-corrected chi connectivity index (χ2v) is 9.07. The summed E-state index contributed by atoms with van der Waals surface area (Å²) in [5, 5.41) is 2.01. The molecule has 8 heteroatoms. The predicted octanol–water partition coefficient (Wildman–Crippen LogP) is 4.41. The van der Waals surface area contributed by atoms with E-state index in [1.807, 2.05) is 17.5 Å². The van der Waals surface area contributed by atoms with Crippen LogP contribution in [0.2, 0.25) is 5.02 Å². The van der Waals surface area contributed by atoms with Crippen molar-refractivity contribution >= 4 is 50.2 Å². The number of anilines is 2. The Morgan fingerprint density at radius 3 is 2.67 bits per heavy atom. The second kappa shape index (κ2) is 6.99. The minimum Gasteiger partial charge on any atom is -0.307 e. The summed E-state index contributed by atoms with van der Waals surface area (Å²) in [4.78, 5) is 15.1. The van der Waals surface area contributed by atoms with Gasteiger partial charge in [0.15, 0.2) is 0 Å². The van der Waals surface area contributed by atoms with Crippen molar-refractivity contribution in [1.82, 2.24) is 0 Å². The fourth-order valence-electron chi connectivity index (χ4n) is 3.06. The third kappa shape index (κ3) is 3.45. The molecule has 3 aromatic rings. The van der Waals surface area contributed by atoms with Crippen LogP contribution < -0.4 is 9.62 Å². The first-order chi connectivity index (χ1) is 13.0. The van der Waals surface area contributed by atoms with Crippen molar-refractivity contribution in [3.05, 3.63) is 75.4 Å². The van der Waals surface area contributed by atoms with E-state index in [0.717, 1.165) is 17.7 Å². The van der Waals surface area contributed by atoms with Crippen molar-refractivity contribution in [1.29, 1.82) is 0 Å².